The molecule has 1 aromatic rings. The van der Waals surface area contributed by atoms with Crippen LogP contribution >= 0.6 is 0 Å². The number of nitrogens with zero attached hydrogens (tertiary/aromatic N) is 2. The molecule has 2 amide bonds. The Morgan fingerprint density at radius 1 is 1.28 bits per heavy atom. The maximum Gasteiger partial charge on any atom is 1.00 e. The van der Waals surface area contributed by atoms with Crippen LogP contribution in [0.3, 0.4) is 0 Å². The molecule has 1 aliphatic rings. The van der Waals surface area contributed by atoms with Crippen molar-refractivity contribution in [2.75, 3.05) is 12.8 Å². The molecule has 1 heterocycles. The number of hydrogen-bond donors (Lipinski definition) is 1. The molecule has 1 saturated heterocycles. The third-order valence-corrected chi connectivity index (χ3v) is 5.44. The van der Waals surface area contributed by atoms with E-state index < -0.39 is 50.8 Å². The smallest absolute Gasteiger partial charge is 0.731 e. The van der Waals surface area contributed by atoms with Gasteiger partial charge in [-0.2, -0.15) is 0 Å². The number of carbonyl (C=O) groups excluding carboxylic acids is 2. The summed E-state index contributed by atoms with van der Waals surface area (Å²) < 4.78 is 56.5. The van der Waals surface area contributed by atoms with E-state index in [4.69, 9.17) is 5.73 Å². The Bertz CT molecular complexity index is 873. The van der Waals surface area contributed by atoms with Crippen LogP contribution < -0.4 is 35.3 Å². The standard InChI is InChI=1S/C12H15N3O7S2.Na/c1-23(18,19)15(9-7-14(11(9)16)24(20,21)22)12(17)10(13)8-5-3-2-4-6-8;/h2-6,9-10H,7,13H2,1H3,(H,20,21,22);/q;+1/p-1/t9?,10-;/m1./s1. The summed E-state index contributed by atoms with van der Waals surface area (Å²) in [5, 5.41) is 0. The zero-order chi connectivity index (χ0) is 18.3. The first-order valence-electron chi connectivity index (χ1n) is 6.55. The molecule has 0 aromatic heterocycles. The van der Waals surface area contributed by atoms with E-state index in [9.17, 15) is 31.0 Å². The van der Waals surface area contributed by atoms with Gasteiger partial charge < -0.3 is 10.3 Å². The van der Waals surface area contributed by atoms with Crippen molar-refractivity contribution in [3.63, 3.8) is 0 Å². The summed E-state index contributed by atoms with van der Waals surface area (Å²) in [6.07, 6.45) is 0.685. The van der Waals surface area contributed by atoms with Crippen molar-refractivity contribution >= 4 is 32.1 Å². The molecular weight excluding hydrogens is 385 g/mol. The van der Waals surface area contributed by atoms with Gasteiger partial charge >= 0.3 is 29.6 Å². The quantitative estimate of drug-likeness (QED) is 0.293. The molecule has 0 aliphatic carbocycles. The summed E-state index contributed by atoms with van der Waals surface area (Å²) >= 11 is 0. The number of amides is 2. The fraction of sp³-hybridized carbons (Fsp3) is 0.333. The van der Waals surface area contributed by atoms with Gasteiger partial charge in [-0.1, -0.05) is 30.3 Å². The third-order valence-electron chi connectivity index (χ3n) is 3.42. The molecular formula is C12H14N3NaO7S2. The van der Waals surface area contributed by atoms with E-state index in [1.807, 2.05) is 0 Å². The number of carbonyl (C=O) groups is 2. The van der Waals surface area contributed by atoms with Crippen molar-refractivity contribution in [2.24, 2.45) is 5.73 Å². The number of benzene rings is 1. The van der Waals surface area contributed by atoms with Gasteiger partial charge in [-0.25, -0.2) is 25.4 Å². The normalized spacial score (nSPS) is 18.8. The van der Waals surface area contributed by atoms with Crippen LogP contribution in [0.5, 0.6) is 0 Å². The van der Waals surface area contributed by atoms with Gasteiger partial charge in [-0.05, 0) is 5.56 Å². The molecule has 0 spiro atoms. The van der Waals surface area contributed by atoms with Gasteiger partial charge in [0.2, 0.25) is 10.0 Å². The first-order valence-corrected chi connectivity index (χ1v) is 9.77. The van der Waals surface area contributed by atoms with Gasteiger partial charge in [-0.15, -0.1) is 0 Å². The second-order valence-corrected chi connectivity index (χ2v) is 8.28. The van der Waals surface area contributed by atoms with Gasteiger partial charge in [0.15, 0.2) is 10.3 Å². The van der Waals surface area contributed by atoms with Gasteiger partial charge in [0.25, 0.3) is 11.8 Å². The van der Waals surface area contributed by atoms with Gasteiger partial charge in [0.1, 0.15) is 12.1 Å². The minimum absolute atomic E-state index is 0. The number of sulfonamides is 1. The van der Waals surface area contributed by atoms with Crippen molar-refractivity contribution in [1.29, 1.82) is 0 Å². The van der Waals surface area contributed by atoms with Crippen molar-refractivity contribution in [1.82, 2.24) is 8.61 Å². The van der Waals surface area contributed by atoms with Crippen LogP contribution in [0.15, 0.2) is 30.3 Å². The number of nitrogens with two attached hydrogens (primary N) is 1. The number of β-lactam (4-membered cyclic amide) rings is 1. The summed E-state index contributed by atoms with van der Waals surface area (Å²) in [6, 6.07) is 4.88. The molecule has 0 bridgehead atoms. The topological polar surface area (TPSA) is 158 Å². The first kappa shape index (κ1) is 22.0. The SMILES string of the molecule is CS(=O)(=O)N(C(=O)[C@H](N)c1ccccc1)C1CN(S(=O)(=O)[O-])C1=O.[Na+]. The summed E-state index contributed by atoms with van der Waals surface area (Å²) in [7, 11) is -9.28. The molecule has 1 unspecified atom stereocenters. The van der Waals surface area contributed by atoms with Crippen LogP contribution in [0.2, 0.25) is 0 Å². The predicted molar refractivity (Wildman–Crippen MR) is 80.3 cm³/mol. The molecule has 2 atom stereocenters. The van der Waals surface area contributed by atoms with E-state index in [0.29, 0.717) is 11.8 Å². The summed E-state index contributed by atoms with van der Waals surface area (Å²) in [5.74, 6) is -2.38. The van der Waals surface area contributed by atoms with Crippen LogP contribution in [0.4, 0.5) is 0 Å². The van der Waals surface area contributed by atoms with Crippen molar-refractivity contribution < 1.29 is 60.5 Å². The van der Waals surface area contributed by atoms with E-state index in [-0.39, 0.29) is 38.2 Å². The maximum absolute atomic E-state index is 12.4. The van der Waals surface area contributed by atoms with Crippen LogP contribution in [-0.4, -0.2) is 60.7 Å². The Balaban J connectivity index is 0.00000312. The zero-order valence-electron chi connectivity index (χ0n) is 13.4. The van der Waals surface area contributed by atoms with E-state index in [1.165, 1.54) is 12.1 Å². The van der Waals surface area contributed by atoms with E-state index in [1.54, 1.807) is 18.2 Å². The predicted octanol–water partition coefficient (Wildman–Crippen LogP) is -4.85. The molecule has 1 aliphatic heterocycles. The molecule has 132 valence electrons. The average Bonchev–Trinajstić information content (AvgIpc) is 2.47. The maximum atomic E-state index is 12.4. The van der Waals surface area contributed by atoms with Gasteiger partial charge in [0, 0.05) is 0 Å². The summed E-state index contributed by atoms with van der Waals surface area (Å²) in [5.41, 5.74) is 6.07. The Hall–Kier alpha value is -1.02. The monoisotopic (exact) mass is 399 g/mol. The number of hydrogen-bond acceptors (Lipinski definition) is 8. The summed E-state index contributed by atoms with van der Waals surface area (Å²) in [6.45, 7) is -0.731. The van der Waals surface area contributed by atoms with Crippen LogP contribution in [0, 0.1) is 0 Å². The van der Waals surface area contributed by atoms with E-state index in [2.05, 4.69) is 0 Å². The Morgan fingerprint density at radius 2 is 1.80 bits per heavy atom. The molecule has 2 rings (SSSR count). The largest absolute Gasteiger partial charge is 1.00 e. The average molecular weight is 399 g/mol. The van der Waals surface area contributed by atoms with Crippen molar-refractivity contribution in [3.05, 3.63) is 35.9 Å². The number of rotatable bonds is 5. The summed E-state index contributed by atoms with van der Waals surface area (Å²) in [4.78, 5) is 24.3. The fourth-order valence-corrected chi connectivity index (χ4v) is 3.97. The molecule has 1 fully saturated rings. The Morgan fingerprint density at radius 3 is 2.20 bits per heavy atom. The van der Waals surface area contributed by atoms with Gasteiger partial charge in [-0.3, -0.25) is 9.59 Å². The second-order valence-electron chi connectivity index (χ2n) is 5.13. The minimum atomic E-state index is -5.06. The molecule has 0 saturated carbocycles. The second kappa shape index (κ2) is 7.70. The van der Waals surface area contributed by atoms with Crippen LogP contribution in [-0.2, 0) is 29.9 Å². The molecule has 10 nitrogen and oxygen atoms in total. The van der Waals surface area contributed by atoms with Crippen LogP contribution in [0.25, 0.3) is 0 Å². The molecule has 13 heteroatoms. The minimum Gasteiger partial charge on any atom is -0.731 e. The fourth-order valence-electron chi connectivity index (χ4n) is 2.24. The Kier molecular flexibility index (Phi) is 6.78. The Labute approximate surface area is 167 Å². The van der Waals surface area contributed by atoms with E-state index in [0.717, 1.165) is 0 Å². The third kappa shape index (κ3) is 4.58. The van der Waals surface area contributed by atoms with Crippen molar-refractivity contribution in [3.8, 4) is 0 Å². The first-order chi connectivity index (χ1) is 10.9. The molecule has 0 radical (unpaired) electrons. The van der Waals surface area contributed by atoms with E-state index >= 15 is 0 Å². The zero-order valence-corrected chi connectivity index (χ0v) is 17.0. The van der Waals surface area contributed by atoms with Gasteiger partial charge in [0.05, 0.1) is 12.8 Å². The molecule has 25 heavy (non-hydrogen) atoms. The molecule has 2 N–H and O–H groups in total. The molecule has 1 aromatic carbocycles. The van der Waals surface area contributed by atoms with Crippen LogP contribution in [0.1, 0.15) is 11.6 Å². The van der Waals surface area contributed by atoms with Crippen molar-refractivity contribution in [2.45, 2.75) is 12.1 Å².